The summed E-state index contributed by atoms with van der Waals surface area (Å²) in [7, 11) is 1.68. The Morgan fingerprint density at radius 2 is 1.78 bits per heavy atom. The summed E-state index contributed by atoms with van der Waals surface area (Å²) in [5, 5.41) is 3.17. The molecule has 0 saturated heterocycles. The molecule has 4 rings (SSSR count). The molecule has 0 saturated carbocycles. The van der Waals surface area contributed by atoms with E-state index in [1.54, 1.807) is 66.2 Å². The van der Waals surface area contributed by atoms with Gasteiger partial charge in [-0.15, -0.1) is 0 Å². The minimum absolute atomic E-state index is 0.166. The number of hydrogen-bond acceptors (Lipinski definition) is 3. The Hall–Kier alpha value is -3.18. The zero-order valence-corrected chi connectivity index (χ0v) is 15.2. The first-order valence-electron chi connectivity index (χ1n) is 8.37. The number of carbonyl (C=O) groups excluding carboxylic acids is 3. The topological polar surface area (TPSA) is 68.2 Å². The molecule has 134 valence electrons. The van der Waals surface area contributed by atoms with Crippen LogP contribution in [0.25, 0.3) is 0 Å². The molecule has 1 amide bonds. The molecule has 2 heterocycles. The Bertz CT molecular complexity index is 1090. The SMILES string of the molecule is Cn1c(C(=O)c2ccccc2)ccc1C1C(=O)Nc2cc(Cl)ccc2C1=O. The van der Waals surface area contributed by atoms with Crippen LogP contribution in [0.3, 0.4) is 0 Å². The van der Waals surface area contributed by atoms with Crippen molar-refractivity contribution < 1.29 is 14.4 Å². The van der Waals surface area contributed by atoms with Gasteiger partial charge in [-0.05, 0) is 30.3 Å². The fourth-order valence-electron chi connectivity index (χ4n) is 3.37. The van der Waals surface area contributed by atoms with E-state index in [2.05, 4.69) is 5.32 Å². The number of ketones is 2. The largest absolute Gasteiger partial charge is 0.344 e. The van der Waals surface area contributed by atoms with Gasteiger partial charge in [0.15, 0.2) is 5.78 Å². The number of carbonyl (C=O) groups is 3. The number of nitrogens with one attached hydrogen (secondary N) is 1. The van der Waals surface area contributed by atoms with Gasteiger partial charge >= 0.3 is 0 Å². The van der Waals surface area contributed by atoms with E-state index in [0.29, 0.717) is 33.2 Å². The normalized spacial score (nSPS) is 16.0. The Kier molecular flexibility index (Phi) is 4.16. The van der Waals surface area contributed by atoms with Gasteiger partial charge in [-0.3, -0.25) is 14.4 Å². The second-order valence-corrected chi connectivity index (χ2v) is 6.81. The van der Waals surface area contributed by atoms with Crippen molar-refractivity contribution in [2.45, 2.75) is 5.92 Å². The van der Waals surface area contributed by atoms with Gasteiger partial charge < -0.3 is 9.88 Å². The molecule has 2 aromatic carbocycles. The first kappa shape index (κ1) is 17.2. The molecule has 1 aromatic heterocycles. The highest BCUT2D eigenvalue weighted by Gasteiger charge is 2.37. The van der Waals surface area contributed by atoms with Gasteiger partial charge in [0.1, 0.15) is 5.92 Å². The molecule has 0 bridgehead atoms. The van der Waals surface area contributed by atoms with E-state index >= 15 is 0 Å². The number of rotatable bonds is 3. The Morgan fingerprint density at radius 3 is 2.52 bits per heavy atom. The smallest absolute Gasteiger partial charge is 0.241 e. The lowest BCUT2D eigenvalue weighted by molar-refractivity contribution is -0.116. The molecular formula is C21H15ClN2O3. The summed E-state index contributed by atoms with van der Waals surface area (Å²) in [6.07, 6.45) is 0. The molecule has 0 spiro atoms. The maximum Gasteiger partial charge on any atom is 0.241 e. The first-order chi connectivity index (χ1) is 13.0. The fraction of sp³-hybridized carbons (Fsp3) is 0.0952. The van der Waals surface area contributed by atoms with E-state index in [9.17, 15) is 14.4 Å². The number of Topliss-reactive ketones (excluding diaryl/α,β-unsaturated/α-hetero) is 1. The minimum atomic E-state index is -1.01. The van der Waals surface area contributed by atoms with Gasteiger partial charge in [0, 0.05) is 28.9 Å². The van der Waals surface area contributed by atoms with Crippen molar-refractivity contribution in [3.8, 4) is 0 Å². The van der Waals surface area contributed by atoms with Gasteiger partial charge in [-0.2, -0.15) is 0 Å². The summed E-state index contributed by atoms with van der Waals surface area (Å²) in [4.78, 5) is 38.3. The molecular weight excluding hydrogens is 364 g/mol. The summed E-state index contributed by atoms with van der Waals surface area (Å²) in [6.45, 7) is 0. The van der Waals surface area contributed by atoms with E-state index < -0.39 is 11.8 Å². The van der Waals surface area contributed by atoms with E-state index in [-0.39, 0.29) is 11.6 Å². The van der Waals surface area contributed by atoms with Crippen LogP contribution in [0, 0.1) is 0 Å². The van der Waals surface area contributed by atoms with E-state index in [0.717, 1.165) is 0 Å². The zero-order chi connectivity index (χ0) is 19.1. The van der Waals surface area contributed by atoms with Crippen LogP contribution in [0.1, 0.15) is 38.0 Å². The first-order valence-corrected chi connectivity index (χ1v) is 8.75. The third-order valence-corrected chi connectivity index (χ3v) is 4.99. The number of anilines is 1. The lowest BCUT2D eigenvalue weighted by atomic mass is 9.89. The van der Waals surface area contributed by atoms with Crippen molar-refractivity contribution in [1.29, 1.82) is 0 Å². The van der Waals surface area contributed by atoms with Crippen LogP contribution in [0.2, 0.25) is 5.02 Å². The number of hydrogen-bond donors (Lipinski definition) is 1. The molecule has 1 aliphatic rings. The van der Waals surface area contributed by atoms with Crippen molar-refractivity contribution in [3.63, 3.8) is 0 Å². The van der Waals surface area contributed by atoms with Crippen molar-refractivity contribution in [3.05, 3.63) is 88.2 Å². The summed E-state index contributed by atoms with van der Waals surface area (Å²) >= 11 is 5.94. The predicted molar refractivity (Wildman–Crippen MR) is 102 cm³/mol. The van der Waals surface area contributed by atoms with Crippen molar-refractivity contribution in [2.24, 2.45) is 7.05 Å². The highest BCUT2D eigenvalue weighted by molar-refractivity contribution is 6.32. The number of nitrogens with zero attached hydrogens (tertiary/aromatic N) is 1. The number of fused-ring (bicyclic) bond motifs is 1. The standard InChI is InChI=1S/C21H15ClN2O3/c1-24-16(9-10-17(24)19(25)12-5-3-2-4-6-12)18-20(26)14-8-7-13(22)11-15(14)23-21(18)27/h2-11,18H,1H3,(H,23,27). The molecule has 27 heavy (non-hydrogen) atoms. The van der Waals surface area contributed by atoms with E-state index in [1.165, 1.54) is 0 Å². The summed E-state index contributed by atoms with van der Waals surface area (Å²) in [5.41, 5.74) is 2.24. The molecule has 5 nitrogen and oxygen atoms in total. The van der Waals surface area contributed by atoms with Gasteiger partial charge in [0.2, 0.25) is 11.7 Å². The monoisotopic (exact) mass is 378 g/mol. The lowest BCUT2D eigenvalue weighted by Gasteiger charge is -2.24. The van der Waals surface area contributed by atoms with Crippen LogP contribution in [-0.2, 0) is 11.8 Å². The molecule has 1 unspecified atom stereocenters. The fourth-order valence-corrected chi connectivity index (χ4v) is 3.54. The van der Waals surface area contributed by atoms with Crippen molar-refractivity contribution in [1.82, 2.24) is 4.57 Å². The van der Waals surface area contributed by atoms with E-state index in [1.807, 2.05) is 6.07 Å². The molecule has 1 aliphatic heterocycles. The van der Waals surface area contributed by atoms with Crippen LogP contribution in [0.5, 0.6) is 0 Å². The maximum absolute atomic E-state index is 12.9. The minimum Gasteiger partial charge on any atom is -0.344 e. The summed E-state index contributed by atoms with van der Waals surface area (Å²) < 4.78 is 1.61. The highest BCUT2D eigenvalue weighted by Crippen LogP contribution is 2.33. The van der Waals surface area contributed by atoms with Crippen LogP contribution in [0.4, 0.5) is 5.69 Å². The second-order valence-electron chi connectivity index (χ2n) is 6.37. The molecule has 6 heteroatoms. The number of aromatic nitrogens is 1. The Morgan fingerprint density at radius 1 is 1.04 bits per heavy atom. The molecule has 0 aliphatic carbocycles. The summed E-state index contributed by atoms with van der Waals surface area (Å²) in [6, 6.07) is 16.9. The van der Waals surface area contributed by atoms with Crippen molar-refractivity contribution in [2.75, 3.05) is 5.32 Å². The Labute approximate surface area is 160 Å². The molecule has 1 N–H and O–H groups in total. The lowest BCUT2D eigenvalue weighted by Crippen LogP contribution is -2.34. The van der Waals surface area contributed by atoms with Gasteiger partial charge in [-0.25, -0.2) is 0 Å². The van der Waals surface area contributed by atoms with Crippen LogP contribution >= 0.6 is 11.6 Å². The van der Waals surface area contributed by atoms with Gasteiger partial charge in [-0.1, -0.05) is 41.9 Å². The molecule has 3 aromatic rings. The van der Waals surface area contributed by atoms with E-state index in [4.69, 9.17) is 11.6 Å². The van der Waals surface area contributed by atoms with Crippen LogP contribution in [-0.4, -0.2) is 22.0 Å². The third kappa shape index (κ3) is 2.86. The average molecular weight is 379 g/mol. The number of halogens is 1. The quantitative estimate of drug-likeness (QED) is 0.556. The zero-order valence-electron chi connectivity index (χ0n) is 14.4. The van der Waals surface area contributed by atoms with Crippen LogP contribution in [0.15, 0.2) is 60.7 Å². The highest BCUT2D eigenvalue weighted by atomic mass is 35.5. The van der Waals surface area contributed by atoms with Crippen molar-refractivity contribution >= 4 is 34.8 Å². The van der Waals surface area contributed by atoms with Gasteiger partial charge in [0.25, 0.3) is 0 Å². The average Bonchev–Trinajstić information content (AvgIpc) is 3.03. The summed E-state index contributed by atoms with van der Waals surface area (Å²) in [5.74, 6) is -1.93. The molecule has 0 radical (unpaired) electrons. The number of benzene rings is 2. The third-order valence-electron chi connectivity index (χ3n) is 4.75. The molecule has 1 atom stereocenters. The number of amides is 1. The Balaban J connectivity index is 1.73. The second kappa shape index (κ2) is 6.52. The van der Waals surface area contributed by atoms with Gasteiger partial charge in [0.05, 0.1) is 11.4 Å². The molecule has 0 fully saturated rings. The van der Waals surface area contributed by atoms with Crippen LogP contribution < -0.4 is 5.32 Å². The predicted octanol–water partition coefficient (Wildman–Crippen LogP) is 3.83. The maximum atomic E-state index is 12.9.